The number of rotatable bonds is 6. The number of para-hydroxylation sites is 2. The van der Waals surface area contributed by atoms with Crippen LogP contribution in [-0.2, 0) is 4.79 Å². The Labute approximate surface area is 255 Å². The van der Waals surface area contributed by atoms with Crippen molar-refractivity contribution >= 4 is 17.9 Å². The van der Waals surface area contributed by atoms with E-state index in [0.29, 0.717) is 47.1 Å². The van der Waals surface area contributed by atoms with Gasteiger partial charge in [-0.2, -0.15) is 10.2 Å². The maximum Gasteiger partial charge on any atom is 0.196 e. The van der Waals surface area contributed by atoms with E-state index in [1.54, 1.807) is 0 Å². The maximum absolute atomic E-state index is 14.1. The molecule has 8 nitrogen and oxygen atoms in total. The highest BCUT2D eigenvalue weighted by molar-refractivity contribution is 6.14. The molecule has 5 heterocycles. The SMILES string of the molecule is Cc1ccc(-c2nn(-c3ccccc3)cc2/C=C2/C[NH+](C)C/C(=C\c3cn(-c4ccccc4)nc3-c3ccc(C)o3)C2=O)o1. The summed E-state index contributed by atoms with van der Waals surface area (Å²) in [6.45, 7) is 5.01. The summed E-state index contributed by atoms with van der Waals surface area (Å²) in [7, 11) is 2.10. The number of quaternary nitrogens is 1. The number of aromatic nitrogens is 4. The van der Waals surface area contributed by atoms with Crippen molar-refractivity contribution in [3.05, 3.63) is 131 Å². The molecular weight excluding hydrogens is 550 g/mol. The number of benzene rings is 2. The van der Waals surface area contributed by atoms with Crippen LogP contribution in [0, 0.1) is 13.8 Å². The summed E-state index contributed by atoms with van der Waals surface area (Å²) < 4.78 is 15.6. The monoisotopic (exact) mass is 582 g/mol. The highest BCUT2D eigenvalue weighted by atomic mass is 16.3. The van der Waals surface area contributed by atoms with Gasteiger partial charge in [0.1, 0.15) is 36.0 Å². The molecule has 2 aromatic carbocycles. The van der Waals surface area contributed by atoms with Crippen LogP contribution in [0.3, 0.4) is 0 Å². The van der Waals surface area contributed by atoms with Crippen molar-refractivity contribution in [3.63, 3.8) is 0 Å². The quantitative estimate of drug-likeness (QED) is 0.253. The van der Waals surface area contributed by atoms with Crippen molar-refractivity contribution < 1.29 is 18.5 Å². The average molecular weight is 583 g/mol. The minimum atomic E-state index is 0.0127. The molecule has 0 radical (unpaired) electrons. The summed E-state index contributed by atoms with van der Waals surface area (Å²) in [6.07, 6.45) is 7.83. The Bertz CT molecular complexity index is 1880. The van der Waals surface area contributed by atoms with Gasteiger partial charge in [0.2, 0.25) is 0 Å². The summed E-state index contributed by atoms with van der Waals surface area (Å²) in [5.74, 6) is 2.94. The number of aryl methyl sites for hydroxylation is 2. The number of Topliss-reactive ketones (excluding diaryl/α,β-unsaturated/α-hetero) is 1. The number of carbonyl (C=O) groups excluding carboxylic acids is 1. The van der Waals surface area contributed by atoms with Crippen LogP contribution in [-0.4, -0.2) is 45.5 Å². The number of hydrogen-bond donors (Lipinski definition) is 1. The third kappa shape index (κ3) is 5.39. The van der Waals surface area contributed by atoms with E-state index in [2.05, 4.69) is 7.05 Å². The van der Waals surface area contributed by atoms with E-state index >= 15 is 0 Å². The predicted octanol–water partition coefficient (Wildman–Crippen LogP) is 5.76. The summed E-state index contributed by atoms with van der Waals surface area (Å²) in [5.41, 5.74) is 6.30. The molecule has 1 aliphatic rings. The van der Waals surface area contributed by atoms with Crippen molar-refractivity contribution in [1.82, 2.24) is 19.6 Å². The summed E-state index contributed by atoms with van der Waals surface area (Å²) >= 11 is 0. The Balaban J connectivity index is 1.30. The van der Waals surface area contributed by atoms with Gasteiger partial charge in [-0.05, 0) is 74.5 Å². The Morgan fingerprint density at radius 2 is 1.09 bits per heavy atom. The highest BCUT2D eigenvalue weighted by Crippen LogP contribution is 2.30. The van der Waals surface area contributed by atoms with Crippen LogP contribution in [0.5, 0.6) is 0 Å². The van der Waals surface area contributed by atoms with E-state index in [9.17, 15) is 4.79 Å². The summed E-state index contributed by atoms with van der Waals surface area (Å²) in [6, 6.07) is 27.5. The summed E-state index contributed by atoms with van der Waals surface area (Å²) in [5, 5.41) is 9.73. The zero-order valence-corrected chi connectivity index (χ0v) is 24.8. The van der Waals surface area contributed by atoms with Crippen molar-refractivity contribution in [2.45, 2.75) is 13.8 Å². The van der Waals surface area contributed by atoms with Crippen LogP contribution >= 0.6 is 0 Å². The van der Waals surface area contributed by atoms with Crippen LogP contribution in [0.15, 0.2) is 117 Å². The zero-order valence-electron chi connectivity index (χ0n) is 24.8. The van der Waals surface area contributed by atoms with Crippen molar-refractivity contribution in [3.8, 4) is 34.3 Å². The van der Waals surface area contributed by atoms with Crippen molar-refractivity contribution in [2.24, 2.45) is 0 Å². The van der Waals surface area contributed by atoms with Crippen molar-refractivity contribution in [2.75, 3.05) is 20.1 Å². The first-order valence-corrected chi connectivity index (χ1v) is 14.6. The number of likely N-dealkylation sites (tertiary alicyclic amines) is 1. The molecule has 1 fully saturated rings. The molecular formula is C36H32N5O3+. The van der Waals surface area contributed by atoms with Gasteiger partial charge in [0, 0.05) is 23.5 Å². The molecule has 1 unspecified atom stereocenters. The summed E-state index contributed by atoms with van der Waals surface area (Å²) in [4.78, 5) is 15.3. The number of furan rings is 2. The average Bonchev–Trinajstić information content (AvgIpc) is 3.83. The number of nitrogens with one attached hydrogen (secondary N) is 1. The minimum Gasteiger partial charge on any atom is -0.460 e. The molecule has 6 aromatic rings. The van der Waals surface area contributed by atoms with Gasteiger partial charge >= 0.3 is 0 Å². The molecule has 0 aliphatic carbocycles. The lowest BCUT2D eigenvalue weighted by atomic mass is 9.94. The van der Waals surface area contributed by atoms with Gasteiger partial charge in [-0.1, -0.05) is 36.4 Å². The normalized spacial score (nSPS) is 17.2. The van der Waals surface area contributed by atoms with Gasteiger partial charge < -0.3 is 13.7 Å². The van der Waals surface area contributed by atoms with Crippen molar-refractivity contribution in [1.29, 1.82) is 0 Å². The van der Waals surface area contributed by atoms with Gasteiger partial charge in [0.25, 0.3) is 0 Å². The topological polar surface area (TPSA) is 83.4 Å². The van der Waals surface area contributed by atoms with Crippen LogP contribution in [0.25, 0.3) is 46.4 Å². The molecule has 1 aliphatic heterocycles. The second kappa shape index (κ2) is 11.3. The maximum atomic E-state index is 14.1. The van der Waals surface area contributed by atoms with E-state index < -0.39 is 0 Å². The predicted molar refractivity (Wildman–Crippen MR) is 170 cm³/mol. The van der Waals surface area contributed by atoms with E-state index in [4.69, 9.17) is 19.0 Å². The van der Waals surface area contributed by atoms with Crippen LogP contribution in [0.1, 0.15) is 22.6 Å². The highest BCUT2D eigenvalue weighted by Gasteiger charge is 2.29. The molecule has 0 saturated carbocycles. The molecule has 4 aromatic heterocycles. The van der Waals surface area contributed by atoms with Gasteiger partial charge in [0.15, 0.2) is 17.3 Å². The second-order valence-corrected chi connectivity index (χ2v) is 11.2. The molecule has 0 bridgehead atoms. The second-order valence-electron chi connectivity index (χ2n) is 11.2. The van der Waals surface area contributed by atoms with Crippen LogP contribution < -0.4 is 4.90 Å². The lowest BCUT2D eigenvalue weighted by Crippen LogP contribution is -3.10. The first-order valence-electron chi connectivity index (χ1n) is 14.6. The third-order valence-corrected chi connectivity index (χ3v) is 7.70. The van der Waals surface area contributed by atoms with Gasteiger partial charge in [0.05, 0.1) is 29.6 Å². The number of hydrogen-bond acceptors (Lipinski definition) is 5. The van der Waals surface area contributed by atoms with Gasteiger partial charge in [-0.3, -0.25) is 4.79 Å². The Morgan fingerprint density at radius 1 is 0.659 bits per heavy atom. The molecule has 1 N–H and O–H groups in total. The van der Waals surface area contributed by atoms with E-state index in [-0.39, 0.29) is 5.78 Å². The number of likely N-dealkylation sites (N-methyl/N-ethyl adjacent to an activating group) is 1. The molecule has 44 heavy (non-hydrogen) atoms. The molecule has 1 atom stereocenters. The standard InChI is InChI=1S/C36H31N5O3/c1-24-14-16-32(43-24)34-26(22-40(37-34)30-10-6-4-7-11-30)18-28-20-39(3)21-29(36(28)42)19-27-23-41(31-12-8-5-9-13-31)38-35(27)33-17-15-25(2)44-33/h4-19,22-23H,20-21H2,1-3H3/p+1/b28-18-,29-19+. The van der Waals surface area contributed by atoms with E-state index in [1.165, 1.54) is 4.90 Å². The van der Waals surface area contributed by atoms with Gasteiger partial charge in [-0.25, -0.2) is 9.36 Å². The number of nitrogens with zero attached hydrogens (tertiary/aromatic N) is 4. The lowest BCUT2D eigenvalue weighted by molar-refractivity contribution is -0.870. The largest absolute Gasteiger partial charge is 0.460 e. The number of ketones is 1. The zero-order chi connectivity index (χ0) is 30.2. The van der Waals surface area contributed by atoms with E-state index in [0.717, 1.165) is 34.0 Å². The molecule has 218 valence electrons. The molecule has 0 spiro atoms. The van der Waals surface area contributed by atoms with Crippen LogP contribution in [0.4, 0.5) is 0 Å². The number of piperidine rings is 1. The third-order valence-electron chi connectivity index (χ3n) is 7.70. The Kier molecular flexibility index (Phi) is 7.04. The fourth-order valence-electron chi connectivity index (χ4n) is 5.61. The fraction of sp³-hybridized carbons (Fsp3) is 0.139. The smallest absolute Gasteiger partial charge is 0.196 e. The van der Waals surface area contributed by atoms with Gasteiger partial charge in [-0.15, -0.1) is 0 Å². The molecule has 7 rings (SSSR count). The lowest BCUT2D eigenvalue weighted by Gasteiger charge is -2.23. The van der Waals surface area contributed by atoms with E-state index in [1.807, 2.05) is 133 Å². The molecule has 8 heteroatoms. The molecule has 0 amide bonds. The minimum absolute atomic E-state index is 0.0127. The molecule has 1 saturated heterocycles. The number of carbonyl (C=O) groups is 1. The fourth-order valence-corrected chi connectivity index (χ4v) is 5.61. The Hall–Kier alpha value is -5.47. The first-order chi connectivity index (χ1) is 21.4. The Morgan fingerprint density at radius 3 is 1.48 bits per heavy atom. The first kappa shape index (κ1) is 27.4. The van der Waals surface area contributed by atoms with Crippen LogP contribution in [0.2, 0.25) is 0 Å².